The van der Waals surface area contributed by atoms with Crippen molar-refractivity contribution in [2.45, 2.75) is 31.9 Å². The molecular formula is C6H12N3O3+. The van der Waals surface area contributed by atoms with Crippen LogP contribution in [0.25, 0.3) is 0 Å². The molecule has 12 heavy (non-hydrogen) atoms. The molecule has 6 nitrogen and oxygen atoms in total. The average molecular weight is 174 g/mol. The van der Waals surface area contributed by atoms with Gasteiger partial charge in [0.2, 0.25) is 4.91 Å². The molecule has 0 aliphatic carbocycles. The molecule has 0 radical (unpaired) electrons. The lowest BCUT2D eigenvalue weighted by atomic mass is 10.1. The summed E-state index contributed by atoms with van der Waals surface area (Å²) < 4.78 is 0. The van der Waals surface area contributed by atoms with E-state index in [0.29, 0.717) is 12.8 Å². The van der Waals surface area contributed by atoms with Crippen molar-refractivity contribution < 1.29 is 15.0 Å². The quantitative estimate of drug-likeness (QED) is 0.407. The summed E-state index contributed by atoms with van der Waals surface area (Å²) in [7, 11) is 0. The van der Waals surface area contributed by atoms with Crippen molar-refractivity contribution in [3.05, 3.63) is 0 Å². The third kappa shape index (κ3) is 3.23. The molecule has 6 heteroatoms. The van der Waals surface area contributed by atoms with Gasteiger partial charge in [-0.15, -0.1) is 0 Å². The van der Waals surface area contributed by atoms with Gasteiger partial charge in [0.1, 0.15) is 10.6 Å². The molecule has 0 aliphatic rings. The molecule has 0 aromatic heterocycles. The van der Waals surface area contributed by atoms with E-state index in [0.717, 1.165) is 0 Å². The first-order chi connectivity index (χ1) is 5.63. The van der Waals surface area contributed by atoms with Gasteiger partial charge in [-0.3, -0.25) is 0 Å². The second kappa shape index (κ2) is 5.40. The van der Waals surface area contributed by atoms with Crippen LogP contribution in [0.2, 0.25) is 0 Å². The molecule has 0 aliphatic heterocycles. The number of carbonyl (C=O) groups is 1. The fourth-order valence-corrected chi connectivity index (χ4v) is 0.813. The average Bonchev–Trinajstić information content (AvgIpc) is 2.03. The lowest BCUT2D eigenvalue weighted by Gasteiger charge is -2.07. The molecular weight excluding hydrogens is 162 g/mol. The van der Waals surface area contributed by atoms with Crippen molar-refractivity contribution in [1.29, 1.82) is 5.53 Å². The second-order valence-electron chi connectivity index (χ2n) is 2.35. The van der Waals surface area contributed by atoms with E-state index in [1.165, 1.54) is 0 Å². The fraction of sp³-hybridized carbons (Fsp3) is 0.833. The monoisotopic (exact) mass is 174 g/mol. The minimum Gasteiger partial charge on any atom is -0.479 e. The summed E-state index contributed by atoms with van der Waals surface area (Å²) in [6.45, 7) is 1.83. The standard InChI is InChI=1S/C6H11N3O3/c1-2-3-4(8-9-7)5(10)6(11)12/h4-5,7,10H,2-3H2,1H3/p+1/t4-,5-/m0/s1. The third-order valence-electron chi connectivity index (χ3n) is 1.41. The van der Waals surface area contributed by atoms with Crippen LogP contribution in [0.15, 0.2) is 5.11 Å². The number of rotatable bonds is 5. The van der Waals surface area contributed by atoms with E-state index in [9.17, 15) is 4.79 Å². The van der Waals surface area contributed by atoms with E-state index in [1.54, 1.807) is 0 Å². The number of hydrogen-bond donors (Lipinski definition) is 3. The molecule has 0 aromatic carbocycles. The molecule has 0 saturated carbocycles. The van der Waals surface area contributed by atoms with E-state index in [4.69, 9.17) is 15.7 Å². The Morgan fingerprint density at radius 1 is 1.75 bits per heavy atom. The predicted molar refractivity (Wildman–Crippen MR) is 39.6 cm³/mol. The Morgan fingerprint density at radius 3 is 2.67 bits per heavy atom. The number of carboxylic acids is 1. The first kappa shape index (κ1) is 10.7. The maximum absolute atomic E-state index is 10.3. The maximum Gasteiger partial charge on any atom is 0.335 e. The summed E-state index contributed by atoms with van der Waals surface area (Å²) in [4.78, 5) is 13.0. The van der Waals surface area contributed by atoms with Gasteiger partial charge in [-0.1, -0.05) is 13.3 Å². The highest BCUT2D eigenvalue weighted by molar-refractivity contribution is 5.72. The molecule has 0 rings (SSSR count). The largest absolute Gasteiger partial charge is 0.479 e. The van der Waals surface area contributed by atoms with Crippen LogP contribution in [0.1, 0.15) is 19.8 Å². The van der Waals surface area contributed by atoms with Crippen molar-refractivity contribution in [1.82, 2.24) is 4.91 Å². The summed E-state index contributed by atoms with van der Waals surface area (Å²) in [6, 6.07) is -0.801. The van der Waals surface area contributed by atoms with E-state index in [1.807, 2.05) is 6.92 Å². The van der Waals surface area contributed by atoms with E-state index < -0.39 is 18.1 Å². The topological polar surface area (TPSA) is 108 Å². The van der Waals surface area contributed by atoms with Crippen LogP contribution in [0, 0.1) is 5.53 Å². The van der Waals surface area contributed by atoms with Gasteiger partial charge < -0.3 is 10.2 Å². The summed E-state index contributed by atoms with van der Waals surface area (Å²) in [6.07, 6.45) is -0.455. The van der Waals surface area contributed by atoms with Crippen LogP contribution < -0.4 is 4.91 Å². The molecule has 0 fully saturated rings. The molecule has 68 valence electrons. The van der Waals surface area contributed by atoms with Gasteiger partial charge in [0.25, 0.3) is 0 Å². The van der Waals surface area contributed by atoms with Crippen LogP contribution in [-0.2, 0) is 4.79 Å². The van der Waals surface area contributed by atoms with Crippen LogP contribution in [-0.4, -0.2) is 28.3 Å². The Balaban J connectivity index is 4.27. The van der Waals surface area contributed by atoms with Crippen LogP contribution in [0.5, 0.6) is 0 Å². The SMILES string of the molecule is CCC[C@H](N=[N+]=N)[C@H](O)C(=O)O. The summed E-state index contributed by atoms with van der Waals surface area (Å²) in [5.41, 5.74) is 6.40. The maximum atomic E-state index is 10.3. The molecule has 0 saturated heterocycles. The minimum atomic E-state index is -1.56. The number of aliphatic carboxylic acids is 1. The number of carboxylic acid groups (broad SMARTS) is 1. The van der Waals surface area contributed by atoms with Gasteiger partial charge in [-0.05, 0) is 6.42 Å². The molecule has 3 N–H and O–H groups in total. The van der Waals surface area contributed by atoms with Crippen LogP contribution >= 0.6 is 0 Å². The Kier molecular flexibility index (Phi) is 4.83. The zero-order valence-electron chi connectivity index (χ0n) is 6.77. The fourth-order valence-electron chi connectivity index (χ4n) is 0.813. The number of nitrogens with one attached hydrogen (secondary N) is 1. The lowest BCUT2D eigenvalue weighted by Crippen LogP contribution is -2.32. The summed E-state index contributed by atoms with van der Waals surface area (Å²) in [5, 5.41) is 20.7. The molecule has 0 heterocycles. The zero-order valence-corrected chi connectivity index (χ0v) is 6.77. The Labute approximate surface area is 69.4 Å². The van der Waals surface area contributed by atoms with Gasteiger partial charge in [0.15, 0.2) is 12.1 Å². The summed E-state index contributed by atoms with van der Waals surface area (Å²) >= 11 is 0. The molecule has 0 bridgehead atoms. The highest BCUT2D eigenvalue weighted by Gasteiger charge is 2.28. The predicted octanol–water partition coefficient (Wildman–Crippen LogP) is 0.151. The van der Waals surface area contributed by atoms with Crippen molar-refractivity contribution in [3.63, 3.8) is 0 Å². The Morgan fingerprint density at radius 2 is 2.33 bits per heavy atom. The van der Waals surface area contributed by atoms with E-state index in [-0.39, 0.29) is 0 Å². The van der Waals surface area contributed by atoms with E-state index in [2.05, 4.69) is 10.0 Å². The van der Waals surface area contributed by atoms with E-state index >= 15 is 0 Å². The zero-order chi connectivity index (χ0) is 9.56. The Bertz CT molecular complexity index is 200. The minimum absolute atomic E-state index is 0.413. The van der Waals surface area contributed by atoms with Gasteiger partial charge in [-0.2, -0.15) is 0 Å². The van der Waals surface area contributed by atoms with Gasteiger partial charge in [0, 0.05) is 0 Å². The third-order valence-corrected chi connectivity index (χ3v) is 1.41. The number of hydrogen-bond acceptors (Lipinski definition) is 4. The van der Waals surface area contributed by atoms with Crippen molar-refractivity contribution in [2.75, 3.05) is 0 Å². The first-order valence-corrected chi connectivity index (χ1v) is 3.61. The summed E-state index contributed by atoms with van der Waals surface area (Å²) in [5.74, 6) is -1.33. The van der Waals surface area contributed by atoms with Gasteiger partial charge in [0.05, 0.1) is 0 Å². The van der Waals surface area contributed by atoms with Crippen molar-refractivity contribution in [3.8, 4) is 0 Å². The van der Waals surface area contributed by atoms with Gasteiger partial charge in [-0.25, -0.2) is 4.79 Å². The normalized spacial score (nSPS) is 14.5. The van der Waals surface area contributed by atoms with Crippen LogP contribution in [0.4, 0.5) is 0 Å². The number of aliphatic hydroxyl groups is 1. The van der Waals surface area contributed by atoms with Crippen molar-refractivity contribution in [2.24, 2.45) is 5.11 Å². The highest BCUT2D eigenvalue weighted by atomic mass is 16.4. The smallest absolute Gasteiger partial charge is 0.335 e. The van der Waals surface area contributed by atoms with Crippen LogP contribution in [0.3, 0.4) is 0 Å². The highest BCUT2D eigenvalue weighted by Crippen LogP contribution is 2.06. The molecule has 0 aromatic rings. The second-order valence-corrected chi connectivity index (χ2v) is 2.35. The first-order valence-electron chi connectivity index (χ1n) is 3.61. The lowest BCUT2D eigenvalue weighted by molar-refractivity contribution is -0.147. The Hall–Kier alpha value is -1.26. The molecule has 0 spiro atoms. The number of nitrogens with zero attached hydrogens (tertiary/aromatic N) is 2. The number of aliphatic hydroxyl groups excluding tert-OH is 1. The van der Waals surface area contributed by atoms with Crippen molar-refractivity contribution >= 4 is 5.97 Å². The van der Waals surface area contributed by atoms with Gasteiger partial charge >= 0.3 is 5.97 Å². The molecule has 0 unspecified atom stereocenters. The molecule has 0 amide bonds. The molecule has 2 atom stereocenters.